The molecule has 2 aliphatic rings. The number of urea groups is 1. The van der Waals surface area contributed by atoms with E-state index in [1.54, 1.807) is 0 Å². The average molecular weight is 303 g/mol. The van der Waals surface area contributed by atoms with Gasteiger partial charge in [-0.15, -0.1) is 0 Å². The molecule has 0 aliphatic carbocycles. The number of rotatable bonds is 5. The molecule has 0 atom stereocenters. The topological polar surface area (TPSA) is 53.6 Å². The van der Waals surface area contributed by atoms with Gasteiger partial charge in [-0.25, -0.2) is 4.79 Å². The van der Waals surface area contributed by atoms with Gasteiger partial charge in [0.05, 0.1) is 12.1 Å². The molecule has 2 amide bonds. The fraction of sp³-hybridized carbons (Fsp3) is 0.588. The SMILES string of the molecule is Cc1cccc(OCCCN2CC3(CCNCC3)NC2=O)c1. The highest BCUT2D eigenvalue weighted by atomic mass is 16.5. The first-order valence-corrected chi connectivity index (χ1v) is 8.14. The lowest BCUT2D eigenvalue weighted by molar-refractivity contribution is 0.210. The summed E-state index contributed by atoms with van der Waals surface area (Å²) in [7, 11) is 0. The van der Waals surface area contributed by atoms with Crippen LogP contribution in [0.1, 0.15) is 24.8 Å². The van der Waals surface area contributed by atoms with Gasteiger partial charge in [0.15, 0.2) is 0 Å². The lowest BCUT2D eigenvalue weighted by Gasteiger charge is -2.33. The van der Waals surface area contributed by atoms with Crippen LogP contribution in [-0.2, 0) is 0 Å². The largest absolute Gasteiger partial charge is 0.494 e. The van der Waals surface area contributed by atoms with Gasteiger partial charge in [0.25, 0.3) is 0 Å². The summed E-state index contributed by atoms with van der Waals surface area (Å²) in [6, 6.07) is 8.14. The summed E-state index contributed by atoms with van der Waals surface area (Å²) >= 11 is 0. The molecule has 2 heterocycles. The predicted molar refractivity (Wildman–Crippen MR) is 86.2 cm³/mol. The number of hydrogen-bond acceptors (Lipinski definition) is 3. The number of benzene rings is 1. The number of piperidine rings is 1. The first kappa shape index (κ1) is 15.2. The molecule has 0 aromatic heterocycles. The third-order valence-corrected chi connectivity index (χ3v) is 4.54. The second kappa shape index (κ2) is 6.57. The van der Waals surface area contributed by atoms with Crippen molar-refractivity contribution in [2.45, 2.75) is 31.7 Å². The van der Waals surface area contributed by atoms with E-state index in [-0.39, 0.29) is 11.6 Å². The summed E-state index contributed by atoms with van der Waals surface area (Å²) in [6.45, 7) is 6.27. The van der Waals surface area contributed by atoms with E-state index in [9.17, 15) is 4.79 Å². The van der Waals surface area contributed by atoms with Gasteiger partial charge in [-0.3, -0.25) is 0 Å². The van der Waals surface area contributed by atoms with Crippen molar-refractivity contribution in [1.29, 1.82) is 0 Å². The minimum absolute atomic E-state index is 0.000265. The molecule has 1 spiro atoms. The minimum atomic E-state index is -0.000265. The van der Waals surface area contributed by atoms with E-state index in [0.29, 0.717) is 6.61 Å². The number of nitrogens with zero attached hydrogens (tertiary/aromatic N) is 1. The average Bonchev–Trinajstić information content (AvgIpc) is 2.80. The van der Waals surface area contributed by atoms with Crippen LogP contribution in [-0.4, -0.2) is 49.3 Å². The molecule has 0 radical (unpaired) electrons. The summed E-state index contributed by atoms with van der Waals surface area (Å²) in [4.78, 5) is 14.0. The fourth-order valence-corrected chi connectivity index (χ4v) is 3.30. The first-order valence-electron chi connectivity index (χ1n) is 8.14. The molecule has 2 aliphatic heterocycles. The lowest BCUT2D eigenvalue weighted by atomic mass is 9.89. The molecular weight excluding hydrogens is 278 g/mol. The van der Waals surface area contributed by atoms with Gasteiger partial charge >= 0.3 is 6.03 Å². The van der Waals surface area contributed by atoms with Crippen LogP contribution >= 0.6 is 0 Å². The van der Waals surface area contributed by atoms with Crippen LogP contribution in [0.25, 0.3) is 0 Å². The Bertz CT molecular complexity index is 526. The summed E-state index contributed by atoms with van der Waals surface area (Å²) in [5, 5.41) is 6.54. The van der Waals surface area contributed by atoms with Crippen molar-refractivity contribution in [3.05, 3.63) is 29.8 Å². The van der Waals surface area contributed by atoms with Crippen molar-refractivity contribution >= 4 is 6.03 Å². The maximum atomic E-state index is 12.1. The van der Waals surface area contributed by atoms with Gasteiger partial charge in [0, 0.05) is 13.1 Å². The molecule has 120 valence electrons. The third kappa shape index (κ3) is 3.53. The maximum Gasteiger partial charge on any atom is 0.317 e. The van der Waals surface area contributed by atoms with Gasteiger partial charge < -0.3 is 20.3 Å². The highest BCUT2D eigenvalue weighted by molar-refractivity contribution is 5.78. The summed E-state index contributed by atoms with van der Waals surface area (Å²) in [6.07, 6.45) is 2.90. The molecule has 2 fully saturated rings. The van der Waals surface area contributed by atoms with Crippen LogP contribution in [0, 0.1) is 6.92 Å². The normalized spacial score (nSPS) is 20.2. The van der Waals surface area contributed by atoms with E-state index in [1.807, 2.05) is 23.1 Å². The molecule has 5 nitrogen and oxygen atoms in total. The smallest absolute Gasteiger partial charge is 0.317 e. The van der Waals surface area contributed by atoms with Crippen molar-refractivity contribution in [2.75, 3.05) is 32.8 Å². The van der Waals surface area contributed by atoms with Crippen molar-refractivity contribution in [2.24, 2.45) is 0 Å². The van der Waals surface area contributed by atoms with Crippen LogP contribution in [0.5, 0.6) is 5.75 Å². The molecule has 0 saturated carbocycles. The van der Waals surface area contributed by atoms with Gasteiger partial charge in [-0.05, 0) is 57.0 Å². The maximum absolute atomic E-state index is 12.1. The number of ether oxygens (including phenoxy) is 1. The van der Waals surface area contributed by atoms with Crippen molar-refractivity contribution < 1.29 is 9.53 Å². The minimum Gasteiger partial charge on any atom is -0.494 e. The Labute approximate surface area is 132 Å². The van der Waals surface area contributed by atoms with Crippen molar-refractivity contribution in [3.63, 3.8) is 0 Å². The zero-order chi connectivity index (χ0) is 15.4. The van der Waals surface area contributed by atoms with Crippen LogP contribution < -0.4 is 15.4 Å². The number of carbonyl (C=O) groups is 1. The monoisotopic (exact) mass is 303 g/mol. The van der Waals surface area contributed by atoms with E-state index in [1.165, 1.54) is 5.56 Å². The molecule has 0 unspecified atom stereocenters. The van der Waals surface area contributed by atoms with Crippen LogP contribution in [0.4, 0.5) is 4.79 Å². The van der Waals surface area contributed by atoms with E-state index < -0.39 is 0 Å². The van der Waals surface area contributed by atoms with Gasteiger partial charge in [0.2, 0.25) is 0 Å². The Hall–Kier alpha value is -1.75. The molecule has 1 aromatic carbocycles. The fourth-order valence-electron chi connectivity index (χ4n) is 3.30. The van der Waals surface area contributed by atoms with E-state index in [2.05, 4.69) is 23.6 Å². The molecule has 0 bridgehead atoms. The Balaban J connectivity index is 1.43. The van der Waals surface area contributed by atoms with Crippen LogP contribution in [0.2, 0.25) is 0 Å². The van der Waals surface area contributed by atoms with Crippen LogP contribution in [0.3, 0.4) is 0 Å². The van der Waals surface area contributed by atoms with Crippen LogP contribution in [0.15, 0.2) is 24.3 Å². The van der Waals surface area contributed by atoms with E-state index >= 15 is 0 Å². The summed E-state index contributed by atoms with van der Waals surface area (Å²) in [5.41, 5.74) is 1.20. The highest BCUT2D eigenvalue weighted by Gasteiger charge is 2.42. The Morgan fingerprint density at radius 3 is 2.91 bits per heavy atom. The molecule has 3 rings (SSSR count). The first-order chi connectivity index (χ1) is 10.7. The molecular formula is C17H25N3O2. The second-order valence-corrected chi connectivity index (χ2v) is 6.40. The van der Waals surface area contributed by atoms with Crippen molar-refractivity contribution in [1.82, 2.24) is 15.5 Å². The molecule has 1 aromatic rings. The molecule has 2 saturated heterocycles. The number of aryl methyl sites for hydroxylation is 1. The Morgan fingerprint density at radius 1 is 1.32 bits per heavy atom. The summed E-state index contributed by atoms with van der Waals surface area (Å²) in [5.74, 6) is 0.903. The molecule has 5 heteroatoms. The molecule has 2 N–H and O–H groups in total. The quantitative estimate of drug-likeness (QED) is 0.817. The number of carbonyl (C=O) groups excluding carboxylic acids is 1. The molecule has 22 heavy (non-hydrogen) atoms. The number of hydrogen-bond donors (Lipinski definition) is 2. The third-order valence-electron chi connectivity index (χ3n) is 4.54. The predicted octanol–water partition coefficient (Wildman–Crippen LogP) is 1.91. The Kier molecular flexibility index (Phi) is 4.52. The zero-order valence-electron chi connectivity index (χ0n) is 13.2. The van der Waals surface area contributed by atoms with E-state index in [0.717, 1.165) is 51.2 Å². The number of nitrogens with one attached hydrogen (secondary N) is 2. The summed E-state index contributed by atoms with van der Waals surface area (Å²) < 4.78 is 5.75. The van der Waals surface area contributed by atoms with Gasteiger partial charge in [-0.1, -0.05) is 12.1 Å². The van der Waals surface area contributed by atoms with Gasteiger partial charge in [-0.2, -0.15) is 0 Å². The zero-order valence-corrected chi connectivity index (χ0v) is 13.2. The van der Waals surface area contributed by atoms with E-state index in [4.69, 9.17) is 4.74 Å². The number of amides is 2. The van der Waals surface area contributed by atoms with Gasteiger partial charge in [0.1, 0.15) is 5.75 Å². The standard InChI is InChI=1S/C17H25N3O2/c1-14-4-2-5-15(12-14)22-11-3-10-20-13-17(19-16(20)21)6-8-18-9-7-17/h2,4-5,12,18H,3,6-11,13H2,1H3,(H,19,21). The second-order valence-electron chi connectivity index (χ2n) is 6.40. The van der Waals surface area contributed by atoms with Crippen molar-refractivity contribution in [3.8, 4) is 5.75 Å². The lowest BCUT2D eigenvalue weighted by Crippen LogP contribution is -2.51. The highest BCUT2D eigenvalue weighted by Crippen LogP contribution is 2.25. The Morgan fingerprint density at radius 2 is 2.14 bits per heavy atom.